The summed E-state index contributed by atoms with van der Waals surface area (Å²) >= 11 is 3.87. The van der Waals surface area contributed by atoms with Crippen LogP contribution in [0.1, 0.15) is 25.7 Å². The lowest BCUT2D eigenvalue weighted by molar-refractivity contribution is 0.618. The van der Waals surface area contributed by atoms with Crippen molar-refractivity contribution in [2.24, 2.45) is 0 Å². The van der Waals surface area contributed by atoms with Gasteiger partial charge < -0.3 is 11.1 Å². The summed E-state index contributed by atoms with van der Waals surface area (Å²) in [7, 11) is 0. The fraction of sp³-hybridized carbons (Fsp3) is 0.538. The van der Waals surface area contributed by atoms with E-state index >= 15 is 0 Å². The topological polar surface area (TPSA) is 38.0 Å². The van der Waals surface area contributed by atoms with Gasteiger partial charge in [0.25, 0.3) is 0 Å². The molecule has 0 radical (unpaired) electrons. The van der Waals surface area contributed by atoms with Gasteiger partial charge in [-0.25, -0.2) is 4.39 Å². The second-order valence-electron chi connectivity index (χ2n) is 4.80. The van der Waals surface area contributed by atoms with E-state index in [1.165, 1.54) is 31.7 Å². The third-order valence-electron chi connectivity index (χ3n) is 3.64. The van der Waals surface area contributed by atoms with Crippen LogP contribution in [0.2, 0.25) is 0 Å². The maximum absolute atomic E-state index is 13.5. The molecule has 1 aliphatic carbocycles. The molecule has 1 saturated carbocycles. The van der Waals surface area contributed by atoms with Gasteiger partial charge in [-0.3, -0.25) is 0 Å². The Morgan fingerprint density at radius 2 is 2.11 bits per heavy atom. The van der Waals surface area contributed by atoms with Crippen LogP contribution in [0.3, 0.4) is 0 Å². The monoisotopic (exact) mass is 380 g/mol. The first-order chi connectivity index (χ1) is 8.56. The summed E-state index contributed by atoms with van der Waals surface area (Å²) < 4.78 is 14.4. The highest BCUT2D eigenvalue weighted by Crippen LogP contribution is 2.40. The first-order valence-corrected chi connectivity index (χ1v) is 8.40. The van der Waals surface area contributed by atoms with Gasteiger partial charge in [0.05, 0.1) is 14.9 Å². The number of hydrogen-bond acceptors (Lipinski definition) is 3. The zero-order chi connectivity index (χ0) is 13.2. The van der Waals surface area contributed by atoms with E-state index in [2.05, 4.69) is 11.6 Å². The molecule has 0 atom stereocenters. The van der Waals surface area contributed by atoms with Crippen molar-refractivity contribution >= 4 is 45.7 Å². The average molecular weight is 380 g/mol. The Hall–Kier alpha value is -0.170. The van der Waals surface area contributed by atoms with Gasteiger partial charge in [0.2, 0.25) is 0 Å². The van der Waals surface area contributed by atoms with Gasteiger partial charge in [-0.2, -0.15) is 11.8 Å². The molecule has 1 aliphatic rings. The number of rotatable bonds is 4. The van der Waals surface area contributed by atoms with Crippen LogP contribution in [0.5, 0.6) is 0 Å². The molecule has 0 aliphatic heterocycles. The van der Waals surface area contributed by atoms with Crippen LogP contribution in [0.25, 0.3) is 0 Å². The van der Waals surface area contributed by atoms with Crippen LogP contribution in [-0.4, -0.2) is 17.5 Å². The number of nitrogens with two attached hydrogens (primary N) is 1. The minimum Gasteiger partial charge on any atom is -0.397 e. The quantitative estimate of drug-likeness (QED) is 0.610. The molecule has 0 bridgehead atoms. The van der Waals surface area contributed by atoms with Crippen LogP contribution < -0.4 is 11.1 Å². The fourth-order valence-corrected chi connectivity index (χ4v) is 3.85. The van der Waals surface area contributed by atoms with Crippen LogP contribution in [0.4, 0.5) is 15.8 Å². The number of nitrogen functional groups attached to an aromatic ring is 1. The molecule has 0 aromatic heterocycles. The van der Waals surface area contributed by atoms with E-state index in [4.69, 9.17) is 5.73 Å². The third-order valence-corrected chi connectivity index (χ3v) is 5.89. The van der Waals surface area contributed by atoms with Gasteiger partial charge >= 0.3 is 0 Å². The number of nitrogens with one attached hydrogen (secondary N) is 1. The molecular weight excluding hydrogens is 362 g/mol. The van der Waals surface area contributed by atoms with E-state index in [0.717, 1.165) is 6.54 Å². The molecular formula is C13H18FIN2S. The smallest absolute Gasteiger partial charge is 0.138 e. The summed E-state index contributed by atoms with van der Waals surface area (Å²) in [6.07, 6.45) is 7.20. The zero-order valence-electron chi connectivity index (χ0n) is 10.4. The third kappa shape index (κ3) is 3.04. The molecule has 1 fully saturated rings. The summed E-state index contributed by atoms with van der Waals surface area (Å²) in [5, 5.41) is 3.33. The molecule has 18 heavy (non-hydrogen) atoms. The number of halogens is 2. The van der Waals surface area contributed by atoms with Crippen molar-refractivity contribution in [3.8, 4) is 0 Å². The molecule has 0 spiro atoms. The second kappa shape index (κ2) is 5.86. The maximum atomic E-state index is 13.5. The van der Waals surface area contributed by atoms with E-state index in [0.29, 0.717) is 19.7 Å². The molecule has 1 aromatic rings. The Bertz CT molecular complexity index is 433. The molecule has 3 N–H and O–H groups in total. The van der Waals surface area contributed by atoms with Crippen molar-refractivity contribution in [3.63, 3.8) is 0 Å². The first-order valence-electron chi connectivity index (χ1n) is 6.10. The highest BCUT2D eigenvalue weighted by molar-refractivity contribution is 14.1. The van der Waals surface area contributed by atoms with Crippen LogP contribution in [0.15, 0.2) is 12.1 Å². The normalized spacial score (nSPS) is 17.9. The molecule has 2 nitrogen and oxygen atoms in total. The summed E-state index contributed by atoms with van der Waals surface area (Å²) in [4.78, 5) is 0. The van der Waals surface area contributed by atoms with Crippen LogP contribution >= 0.6 is 34.4 Å². The largest absolute Gasteiger partial charge is 0.397 e. The van der Waals surface area contributed by atoms with Gasteiger partial charge in [-0.1, -0.05) is 12.8 Å². The number of hydrogen-bond donors (Lipinski definition) is 2. The summed E-state index contributed by atoms with van der Waals surface area (Å²) in [5.74, 6) is -0.211. The first kappa shape index (κ1) is 14.2. The Labute approximate surface area is 125 Å². The molecule has 0 amide bonds. The van der Waals surface area contributed by atoms with E-state index in [9.17, 15) is 4.39 Å². The second-order valence-corrected chi connectivity index (χ2v) is 7.24. The molecule has 1 aromatic carbocycles. The van der Waals surface area contributed by atoms with Crippen LogP contribution in [-0.2, 0) is 0 Å². The predicted octanol–water partition coefficient (Wildman–Crippen LogP) is 4.10. The van der Waals surface area contributed by atoms with Crippen molar-refractivity contribution in [1.29, 1.82) is 0 Å². The lowest BCUT2D eigenvalue weighted by atomic mass is 10.1. The minimum atomic E-state index is -0.211. The average Bonchev–Trinajstić information content (AvgIpc) is 2.82. The van der Waals surface area contributed by atoms with Crippen molar-refractivity contribution < 1.29 is 4.39 Å². The SMILES string of the molecule is CSC1(CNc2cc(F)c(I)cc2N)CCCC1. The minimum absolute atomic E-state index is 0.211. The highest BCUT2D eigenvalue weighted by Gasteiger charge is 2.32. The maximum Gasteiger partial charge on any atom is 0.138 e. The molecule has 0 heterocycles. The van der Waals surface area contributed by atoms with E-state index in [1.54, 1.807) is 6.07 Å². The van der Waals surface area contributed by atoms with Gasteiger partial charge in [0.1, 0.15) is 5.82 Å². The Kier molecular flexibility index (Phi) is 4.64. The summed E-state index contributed by atoms with van der Waals surface area (Å²) in [5.41, 5.74) is 7.26. The lowest BCUT2D eigenvalue weighted by Gasteiger charge is -2.27. The van der Waals surface area contributed by atoms with E-state index in [1.807, 2.05) is 34.4 Å². The molecule has 0 unspecified atom stereocenters. The van der Waals surface area contributed by atoms with E-state index < -0.39 is 0 Å². The number of thioether (sulfide) groups is 1. The Morgan fingerprint density at radius 3 is 2.72 bits per heavy atom. The van der Waals surface area contributed by atoms with Gasteiger partial charge in [0, 0.05) is 17.4 Å². The van der Waals surface area contributed by atoms with Crippen molar-refractivity contribution in [3.05, 3.63) is 21.5 Å². The molecule has 5 heteroatoms. The molecule has 0 saturated heterocycles. The van der Waals surface area contributed by atoms with Gasteiger partial charge in [0.15, 0.2) is 0 Å². The summed E-state index contributed by atoms with van der Waals surface area (Å²) in [6.45, 7) is 0.860. The zero-order valence-corrected chi connectivity index (χ0v) is 13.4. The van der Waals surface area contributed by atoms with Crippen molar-refractivity contribution in [2.75, 3.05) is 23.9 Å². The van der Waals surface area contributed by atoms with Crippen LogP contribution in [0, 0.1) is 9.39 Å². The Morgan fingerprint density at radius 1 is 1.44 bits per heavy atom. The standard InChI is InChI=1S/C13H18FIN2S/c1-18-13(4-2-3-5-13)8-17-12-6-9(14)10(15)7-11(12)16/h6-7,17H,2-5,8,16H2,1H3. The highest BCUT2D eigenvalue weighted by atomic mass is 127. The fourth-order valence-electron chi connectivity index (χ4n) is 2.44. The van der Waals surface area contributed by atoms with Gasteiger partial charge in [-0.15, -0.1) is 0 Å². The van der Waals surface area contributed by atoms with Crippen molar-refractivity contribution in [2.45, 2.75) is 30.4 Å². The predicted molar refractivity (Wildman–Crippen MR) is 86.7 cm³/mol. The Balaban J connectivity index is 2.08. The summed E-state index contributed by atoms with van der Waals surface area (Å²) in [6, 6.07) is 3.18. The molecule has 2 rings (SSSR count). The van der Waals surface area contributed by atoms with Crippen molar-refractivity contribution in [1.82, 2.24) is 0 Å². The molecule has 100 valence electrons. The van der Waals surface area contributed by atoms with E-state index in [-0.39, 0.29) is 5.82 Å². The number of anilines is 2. The van der Waals surface area contributed by atoms with Gasteiger partial charge in [-0.05, 0) is 47.8 Å². The number of benzene rings is 1. The lowest BCUT2D eigenvalue weighted by Crippen LogP contribution is -2.30.